The van der Waals surface area contributed by atoms with Crippen molar-refractivity contribution >= 4 is 11.9 Å². The average molecular weight is 266 g/mol. The first-order valence-electron chi connectivity index (χ1n) is 6.28. The molecule has 0 aliphatic heterocycles. The normalized spacial score (nSPS) is 14.2. The minimum absolute atomic E-state index is 0.0248. The van der Waals surface area contributed by atoms with E-state index in [1.54, 1.807) is 6.20 Å². The second-order valence-corrected chi connectivity index (χ2v) is 4.61. The highest BCUT2D eigenvalue weighted by atomic mass is 16.2. The SMILES string of the molecule is CNC(=O)NC(=O)Cn1cc(CNCC2CC2)nn1. The number of hydrogen-bond donors (Lipinski definition) is 3. The largest absolute Gasteiger partial charge is 0.341 e. The molecule has 8 heteroatoms. The number of hydrogen-bond acceptors (Lipinski definition) is 5. The summed E-state index contributed by atoms with van der Waals surface area (Å²) >= 11 is 0. The van der Waals surface area contributed by atoms with Gasteiger partial charge in [-0.05, 0) is 25.3 Å². The molecule has 3 N–H and O–H groups in total. The van der Waals surface area contributed by atoms with Crippen molar-refractivity contribution in [3.8, 4) is 0 Å². The van der Waals surface area contributed by atoms with Crippen LogP contribution >= 0.6 is 0 Å². The van der Waals surface area contributed by atoms with Gasteiger partial charge in [0.2, 0.25) is 5.91 Å². The van der Waals surface area contributed by atoms with E-state index in [4.69, 9.17) is 0 Å². The maximum atomic E-state index is 11.4. The van der Waals surface area contributed by atoms with Gasteiger partial charge in [-0.15, -0.1) is 5.10 Å². The lowest BCUT2D eigenvalue weighted by molar-refractivity contribution is -0.120. The highest BCUT2D eigenvalue weighted by Crippen LogP contribution is 2.27. The Labute approximate surface area is 110 Å². The molecule has 1 saturated carbocycles. The number of carbonyl (C=O) groups is 2. The van der Waals surface area contributed by atoms with Crippen LogP contribution in [0.15, 0.2) is 6.20 Å². The van der Waals surface area contributed by atoms with E-state index in [1.807, 2.05) is 0 Å². The van der Waals surface area contributed by atoms with Crippen LogP contribution in [0.25, 0.3) is 0 Å². The fourth-order valence-corrected chi connectivity index (χ4v) is 1.60. The Hall–Kier alpha value is -1.96. The molecule has 8 nitrogen and oxygen atoms in total. The highest BCUT2D eigenvalue weighted by Gasteiger charge is 2.20. The van der Waals surface area contributed by atoms with E-state index in [-0.39, 0.29) is 6.54 Å². The summed E-state index contributed by atoms with van der Waals surface area (Å²) in [5.74, 6) is 0.384. The standard InChI is InChI=1S/C11H18N6O2/c1-12-11(19)14-10(18)7-17-6-9(15-16-17)5-13-4-8-2-3-8/h6,8,13H,2-5,7H2,1H3,(H2,12,14,18,19). The highest BCUT2D eigenvalue weighted by molar-refractivity contribution is 5.93. The van der Waals surface area contributed by atoms with Crippen LogP contribution in [0.1, 0.15) is 18.5 Å². The monoisotopic (exact) mass is 266 g/mol. The van der Waals surface area contributed by atoms with Gasteiger partial charge in [-0.2, -0.15) is 0 Å². The number of imide groups is 1. The van der Waals surface area contributed by atoms with Crippen molar-refractivity contribution in [1.82, 2.24) is 30.9 Å². The third-order valence-corrected chi connectivity index (χ3v) is 2.81. The van der Waals surface area contributed by atoms with Gasteiger partial charge in [-0.1, -0.05) is 5.21 Å². The van der Waals surface area contributed by atoms with Gasteiger partial charge >= 0.3 is 6.03 Å². The Balaban J connectivity index is 1.72. The van der Waals surface area contributed by atoms with Crippen molar-refractivity contribution in [2.75, 3.05) is 13.6 Å². The first-order chi connectivity index (χ1) is 9.17. The maximum absolute atomic E-state index is 11.4. The van der Waals surface area contributed by atoms with Crippen molar-refractivity contribution < 1.29 is 9.59 Å². The molecule has 2 rings (SSSR count). The number of aromatic nitrogens is 3. The molecule has 1 aromatic heterocycles. The molecule has 104 valence electrons. The van der Waals surface area contributed by atoms with Gasteiger partial charge in [0, 0.05) is 13.6 Å². The lowest BCUT2D eigenvalue weighted by atomic mass is 10.4. The van der Waals surface area contributed by atoms with Crippen LogP contribution in [0.2, 0.25) is 0 Å². The van der Waals surface area contributed by atoms with E-state index in [2.05, 4.69) is 26.3 Å². The topological polar surface area (TPSA) is 101 Å². The molecular formula is C11H18N6O2. The summed E-state index contributed by atoms with van der Waals surface area (Å²) in [6.07, 6.45) is 4.31. The number of amides is 3. The molecular weight excluding hydrogens is 248 g/mol. The second kappa shape index (κ2) is 6.28. The molecule has 1 fully saturated rings. The molecule has 0 spiro atoms. The van der Waals surface area contributed by atoms with E-state index in [0.717, 1.165) is 18.2 Å². The Bertz CT molecular complexity index is 454. The Morgan fingerprint density at radius 3 is 2.95 bits per heavy atom. The quantitative estimate of drug-likeness (QED) is 0.628. The number of nitrogens with zero attached hydrogens (tertiary/aromatic N) is 3. The molecule has 1 aromatic rings. The van der Waals surface area contributed by atoms with Crippen molar-refractivity contribution in [3.05, 3.63) is 11.9 Å². The molecule has 19 heavy (non-hydrogen) atoms. The van der Waals surface area contributed by atoms with E-state index in [1.165, 1.54) is 24.6 Å². The van der Waals surface area contributed by atoms with Gasteiger partial charge in [0.05, 0.1) is 11.9 Å². The van der Waals surface area contributed by atoms with Crippen LogP contribution in [0.3, 0.4) is 0 Å². The Kier molecular flexibility index (Phi) is 4.45. The maximum Gasteiger partial charge on any atom is 0.321 e. The minimum Gasteiger partial charge on any atom is -0.341 e. The summed E-state index contributed by atoms with van der Waals surface area (Å²) in [6, 6.07) is -0.531. The van der Waals surface area contributed by atoms with Gasteiger partial charge in [0.15, 0.2) is 0 Å². The van der Waals surface area contributed by atoms with E-state index in [9.17, 15) is 9.59 Å². The Morgan fingerprint density at radius 1 is 1.47 bits per heavy atom. The van der Waals surface area contributed by atoms with E-state index < -0.39 is 11.9 Å². The third kappa shape index (κ3) is 4.66. The van der Waals surface area contributed by atoms with Gasteiger partial charge in [-0.25, -0.2) is 9.48 Å². The molecule has 0 saturated heterocycles. The smallest absolute Gasteiger partial charge is 0.321 e. The third-order valence-electron chi connectivity index (χ3n) is 2.81. The summed E-state index contributed by atoms with van der Waals surface area (Å²) in [6.45, 7) is 1.63. The summed E-state index contributed by atoms with van der Waals surface area (Å²) in [4.78, 5) is 22.4. The molecule has 0 radical (unpaired) electrons. The molecule has 0 bridgehead atoms. The van der Waals surface area contributed by atoms with E-state index in [0.29, 0.717) is 6.54 Å². The number of nitrogens with one attached hydrogen (secondary N) is 3. The van der Waals surface area contributed by atoms with Gasteiger partial charge < -0.3 is 10.6 Å². The summed E-state index contributed by atoms with van der Waals surface area (Å²) in [5, 5.41) is 15.5. The molecule has 1 aliphatic carbocycles. The van der Waals surface area contributed by atoms with Crippen molar-refractivity contribution in [3.63, 3.8) is 0 Å². The average Bonchev–Trinajstić information content (AvgIpc) is 3.09. The number of carbonyl (C=O) groups excluding carboxylic acids is 2. The first kappa shape index (κ1) is 13.5. The molecule has 1 aliphatic rings. The van der Waals surface area contributed by atoms with Gasteiger partial charge in [0.25, 0.3) is 0 Å². The number of urea groups is 1. The number of rotatable bonds is 6. The molecule has 3 amide bonds. The minimum atomic E-state index is -0.531. The van der Waals surface area contributed by atoms with Crippen LogP contribution in [-0.4, -0.2) is 40.5 Å². The van der Waals surface area contributed by atoms with Crippen LogP contribution < -0.4 is 16.0 Å². The second-order valence-electron chi connectivity index (χ2n) is 4.61. The van der Waals surface area contributed by atoms with E-state index >= 15 is 0 Å². The fraction of sp³-hybridized carbons (Fsp3) is 0.636. The molecule has 1 heterocycles. The molecule has 0 atom stereocenters. The van der Waals surface area contributed by atoms with Crippen molar-refractivity contribution in [1.29, 1.82) is 0 Å². The van der Waals surface area contributed by atoms with Crippen LogP contribution in [0.5, 0.6) is 0 Å². The first-order valence-corrected chi connectivity index (χ1v) is 6.28. The van der Waals surface area contributed by atoms with Crippen molar-refractivity contribution in [2.45, 2.75) is 25.9 Å². The zero-order valence-corrected chi connectivity index (χ0v) is 10.8. The van der Waals surface area contributed by atoms with Crippen LogP contribution in [0.4, 0.5) is 4.79 Å². The Morgan fingerprint density at radius 2 is 2.26 bits per heavy atom. The lowest BCUT2D eigenvalue weighted by Crippen LogP contribution is -2.39. The summed E-state index contributed by atoms with van der Waals surface area (Å²) in [5.41, 5.74) is 0.786. The predicted molar refractivity (Wildman–Crippen MR) is 67.1 cm³/mol. The van der Waals surface area contributed by atoms with Gasteiger partial charge in [0.1, 0.15) is 6.54 Å². The van der Waals surface area contributed by atoms with Gasteiger partial charge in [-0.3, -0.25) is 10.1 Å². The van der Waals surface area contributed by atoms with Crippen molar-refractivity contribution in [2.24, 2.45) is 5.92 Å². The van der Waals surface area contributed by atoms with Crippen LogP contribution in [-0.2, 0) is 17.9 Å². The zero-order valence-electron chi connectivity index (χ0n) is 10.8. The molecule has 0 aromatic carbocycles. The lowest BCUT2D eigenvalue weighted by Gasteiger charge is -2.02. The predicted octanol–water partition coefficient (Wildman–Crippen LogP) is -0.767. The molecule has 0 unspecified atom stereocenters. The van der Waals surface area contributed by atoms with Crippen LogP contribution in [0, 0.1) is 5.92 Å². The fourth-order valence-electron chi connectivity index (χ4n) is 1.60. The zero-order chi connectivity index (χ0) is 13.7. The summed E-state index contributed by atoms with van der Waals surface area (Å²) in [7, 11) is 1.45. The summed E-state index contributed by atoms with van der Waals surface area (Å²) < 4.78 is 1.41.